The first kappa shape index (κ1) is 14.5. The molecule has 0 fully saturated rings. The molecule has 7 heteroatoms. The lowest BCUT2D eigenvalue weighted by atomic mass is 10.0. The lowest BCUT2D eigenvalue weighted by molar-refractivity contribution is -0.139. The third-order valence-corrected chi connectivity index (χ3v) is 2.90. The Bertz CT molecular complexity index is 520. The number of halogens is 4. The van der Waals surface area contributed by atoms with Gasteiger partial charge in [-0.25, -0.2) is 0 Å². The number of carbonyl (C=O) groups is 1. The zero-order valence-corrected chi connectivity index (χ0v) is 10.7. The fourth-order valence-electron chi connectivity index (χ4n) is 1.30. The van der Waals surface area contributed by atoms with Crippen molar-refractivity contribution >= 4 is 21.9 Å². The van der Waals surface area contributed by atoms with Gasteiger partial charge < -0.3 is 4.74 Å². The third kappa shape index (κ3) is 3.23. The SMILES string of the molecule is COC(=O)Cc1c(Br)cc(C(F)(F)F)cc1C#N. The molecule has 0 saturated heterocycles. The Morgan fingerprint density at radius 3 is 2.56 bits per heavy atom. The second-order valence-corrected chi connectivity index (χ2v) is 4.20. The molecule has 0 spiro atoms. The highest BCUT2D eigenvalue weighted by Gasteiger charge is 2.32. The number of methoxy groups -OCH3 is 1. The lowest BCUT2D eigenvalue weighted by Gasteiger charge is -2.11. The lowest BCUT2D eigenvalue weighted by Crippen LogP contribution is -2.10. The normalized spacial score (nSPS) is 10.9. The molecule has 0 saturated carbocycles. The Morgan fingerprint density at radius 2 is 2.11 bits per heavy atom. The standard InChI is InChI=1S/C11H7BrF3NO2/c1-18-10(17)4-8-6(5-16)2-7(3-9(8)12)11(13,14)15/h2-3H,4H2,1H3. The fraction of sp³-hybridized carbons (Fsp3) is 0.273. The molecule has 0 heterocycles. The van der Waals surface area contributed by atoms with Crippen molar-refractivity contribution in [1.82, 2.24) is 0 Å². The van der Waals surface area contributed by atoms with Crippen LogP contribution in [-0.2, 0) is 22.1 Å². The second-order valence-electron chi connectivity index (χ2n) is 3.35. The van der Waals surface area contributed by atoms with Gasteiger partial charge in [0.1, 0.15) is 0 Å². The Balaban J connectivity index is 3.30. The van der Waals surface area contributed by atoms with Crippen LogP contribution in [0.2, 0.25) is 0 Å². The summed E-state index contributed by atoms with van der Waals surface area (Å²) in [6.45, 7) is 0. The summed E-state index contributed by atoms with van der Waals surface area (Å²) >= 11 is 2.93. The van der Waals surface area contributed by atoms with E-state index in [-0.39, 0.29) is 22.0 Å². The van der Waals surface area contributed by atoms with Crippen LogP contribution in [0.5, 0.6) is 0 Å². The number of nitrogens with zero attached hydrogens (tertiary/aromatic N) is 1. The molecule has 0 atom stereocenters. The summed E-state index contributed by atoms with van der Waals surface area (Å²) in [5.74, 6) is -0.632. The number of carbonyl (C=O) groups excluding carboxylic acids is 1. The number of rotatable bonds is 2. The molecule has 18 heavy (non-hydrogen) atoms. The summed E-state index contributed by atoms with van der Waals surface area (Å²) < 4.78 is 42.0. The topological polar surface area (TPSA) is 50.1 Å². The van der Waals surface area contributed by atoms with E-state index in [1.54, 1.807) is 6.07 Å². The molecule has 0 amide bonds. The molecule has 0 N–H and O–H groups in total. The van der Waals surface area contributed by atoms with Gasteiger partial charge in [-0.15, -0.1) is 0 Å². The molecule has 0 radical (unpaired) electrons. The highest BCUT2D eigenvalue weighted by molar-refractivity contribution is 9.10. The number of alkyl halides is 3. The van der Waals surface area contributed by atoms with Crippen molar-refractivity contribution in [2.75, 3.05) is 7.11 Å². The maximum Gasteiger partial charge on any atom is 0.416 e. The van der Waals surface area contributed by atoms with Crippen LogP contribution in [-0.4, -0.2) is 13.1 Å². The average molecular weight is 322 g/mol. The van der Waals surface area contributed by atoms with E-state index in [1.807, 2.05) is 0 Å². The number of nitriles is 1. The van der Waals surface area contributed by atoms with E-state index in [9.17, 15) is 18.0 Å². The molecule has 3 nitrogen and oxygen atoms in total. The Kier molecular flexibility index (Phi) is 4.35. The van der Waals surface area contributed by atoms with Crippen molar-refractivity contribution in [3.8, 4) is 6.07 Å². The van der Waals surface area contributed by atoms with Crippen LogP contribution in [0.15, 0.2) is 16.6 Å². The molecule has 1 aromatic rings. The molecular formula is C11H7BrF3NO2. The van der Waals surface area contributed by atoms with Gasteiger partial charge in [0.15, 0.2) is 0 Å². The van der Waals surface area contributed by atoms with Gasteiger partial charge in [-0.2, -0.15) is 18.4 Å². The summed E-state index contributed by atoms with van der Waals surface area (Å²) in [6.07, 6.45) is -4.81. The first-order valence-corrected chi connectivity index (χ1v) is 5.45. The fourth-order valence-corrected chi connectivity index (χ4v) is 1.90. The predicted molar refractivity (Wildman–Crippen MR) is 59.6 cm³/mol. The number of hydrogen-bond donors (Lipinski definition) is 0. The van der Waals surface area contributed by atoms with Crippen LogP contribution >= 0.6 is 15.9 Å². The van der Waals surface area contributed by atoms with E-state index < -0.39 is 17.7 Å². The minimum atomic E-state index is -4.54. The molecule has 0 aliphatic heterocycles. The summed E-state index contributed by atoms with van der Waals surface area (Å²) in [5, 5.41) is 8.83. The smallest absolute Gasteiger partial charge is 0.416 e. The van der Waals surface area contributed by atoms with Gasteiger partial charge in [0.25, 0.3) is 0 Å². The van der Waals surface area contributed by atoms with E-state index in [0.717, 1.165) is 13.2 Å². The van der Waals surface area contributed by atoms with E-state index in [0.29, 0.717) is 6.07 Å². The molecule has 0 bridgehead atoms. The summed E-state index contributed by atoms with van der Waals surface area (Å²) in [5.41, 5.74) is -0.973. The highest BCUT2D eigenvalue weighted by atomic mass is 79.9. The third-order valence-electron chi connectivity index (χ3n) is 2.19. The van der Waals surface area contributed by atoms with Gasteiger partial charge in [0, 0.05) is 4.47 Å². The predicted octanol–water partition coefficient (Wildman–Crippen LogP) is 3.06. The minimum Gasteiger partial charge on any atom is -0.469 e. The van der Waals surface area contributed by atoms with E-state index in [4.69, 9.17) is 5.26 Å². The van der Waals surface area contributed by atoms with Crippen LogP contribution in [0.3, 0.4) is 0 Å². The Morgan fingerprint density at radius 1 is 1.50 bits per heavy atom. The van der Waals surface area contributed by atoms with Gasteiger partial charge in [0.2, 0.25) is 0 Å². The molecule has 0 aliphatic carbocycles. The van der Waals surface area contributed by atoms with Gasteiger partial charge in [-0.1, -0.05) is 15.9 Å². The van der Waals surface area contributed by atoms with Crippen LogP contribution in [0.4, 0.5) is 13.2 Å². The largest absolute Gasteiger partial charge is 0.469 e. The van der Waals surface area contributed by atoms with Gasteiger partial charge in [-0.05, 0) is 17.7 Å². The number of ether oxygens (including phenoxy) is 1. The monoisotopic (exact) mass is 321 g/mol. The first-order valence-electron chi connectivity index (χ1n) is 4.66. The summed E-state index contributed by atoms with van der Waals surface area (Å²) in [4.78, 5) is 11.1. The Hall–Kier alpha value is -1.55. The second kappa shape index (κ2) is 5.40. The molecule has 0 aromatic heterocycles. The van der Waals surface area contributed by atoms with Crippen molar-refractivity contribution in [3.63, 3.8) is 0 Å². The van der Waals surface area contributed by atoms with E-state index in [2.05, 4.69) is 20.7 Å². The minimum absolute atomic E-state index is 0.0549. The molecule has 1 rings (SSSR count). The van der Waals surface area contributed by atoms with Gasteiger partial charge >= 0.3 is 12.1 Å². The van der Waals surface area contributed by atoms with Crippen LogP contribution in [0, 0.1) is 11.3 Å². The van der Waals surface area contributed by atoms with Crippen molar-refractivity contribution in [3.05, 3.63) is 33.3 Å². The number of benzene rings is 1. The van der Waals surface area contributed by atoms with Crippen LogP contribution in [0.25, 0.3) is 0 Å². The Labute approximate surface area is 109 Å². The van der Waals surface area contributed by atoms with Gasteiger partial charge in [0.05, 0.1) is 30.7 Å². The molecule has 0 unspecified atom stereocenters. The van der Waals surface area contributed by atoms with Crippen molar-refractivity contribution < 1.29 is 22.7 Å². The average Bonchev–Trinajstić information content (AvgIpc) is 2.29. The van der Waals surface area contributed by atoms with Crippen molar-refractivity contribution in [2.45, 2.75) is 12.6 Å². The zero-order chi connectivity index (χ0) is 13.9. The molecule has 96 valence electrons. The first-order chi connectivity index (χ1) is 8.29. The highest BCUT2D eigenvalue weighted by Crippen LogP contribution is 2.34. The molecule has 0 aliphatic rings. The van der Waals surface area contributed by atoms with Crippen LogP contribution in [0.1, 0.15) is 16.7 Å². The molecular weight excluding hydrogens is 315 g/mol. The van der Waals surface area contributed by atoms with E-state index >= 15 is 0 Å². The maximum atomic E-state index is 12.5. The maximum absolute atomic E-state index is 12.5. The van der Waals surface area contributed by atoms with Crippen LogP contribution < -0.4 is 0 Å². The summed E-state index contributed by atoms with van der Waals surface area (Å²) in [6, 6.07) is 3.18. The number of hydrogen-bond acceptors (Lipinski definition) is 3. The van der Waals surface area contributed by atoms with Crippen molar-refractivity contribution in [1.29, 1.82) is 5.26 Å². The molecule has 1 aromatic carbocycles. The summed E-state index contributed by atoms with van der Waals surface area (Å²) in [7, 11) is 1.16. The van der Waals surface area contributed by atoms with Gasteiger partial charge in [-0.3, -0.25) is 4.79 Å². The van der Waals surface area contributed by atoms with Crippen molar-refractivity contribution in [2.24, 2.45) is 0 Å². The zero-order valence-electron chi connectivity index (χ0n) is 9.14. The number of esters is 1. The van der Waals surface area contributed by atoms with E-state index in [1.165, 1.54) is 0 Å². The quantitative estimate of drug-likeness (QED) is 0.787.